The Balaban J connectivity index is 2.03. The fourth-order valence-corrected chi connectivity index (χ4v) is 2.78. The summed E-state index contributed by atoms with van der Waals surface area (Å²) in [7, 11) is 0. The topological polar surface area (TPSA) is 46.3 Å². The van der Waals surface area contributed by atoms with E-state index in [1.54, 1.807) is 12.1 Å². The molecule has 1 aliphatic carbocycles. The summed E-state index contributed by atoms with van der Waals surface area (Å²) in [6.07, 6.45) is 5.94. The van der Waals surface area contributed by atoms with E-state index in [1.807, 2.05) is 0 Å². The first-order chi connectivity index (χ1) is 9.15. The summed E-state index contributed by atoms with van der Waals surface area (Å²) in [5, 5.41) is 0. The van der Waals surface area contributed by atoms with Crippen LogP contribution in [0, 0.1) is 5.82 Å². The third-order valence-electron chi connectivity index (χ3n) is 3.75. The van der Waals surface area contributed by atoms with Crippen molar-refractivity contribution >= 4 is 5.91 Å². The van der Waals surface area contributed by atoms with Gasteiger partial charge in [0, 0.05) is 12.6 Å². The number of nitrogens with zero attached hydrogens (tertiary/aromatic N) is 1. The minimum atomic E-state index is -0.298. The molecule has 0 spiro atoms. The van der Waals surface area contributed by atoms with Crippen LogP contribution in [0.1, 0.15) is 37.7 Å². The maximum absolute atomic E-state index is 12.9. The highest BCUT2D eigenvalue weighted by molar-refractivity contribution is 5.75. The molecule has 19 heavy (non-hydrogen) atoms. The number of rotatable bonds is 5. The normalized spacial score (nSPS) is 16.7. The van der Waals surface area contributed by atoms with Crippen LogP contribution in [0.3, 0.4) is 0 Å². The lowest BCUT2D eigenvalue weighted by atomic mass is 9.94. The molecule has 104 valence electrons. The van der Waals surface area contributed by atoms with Gasteiger partial charge in [0.25, 0.3) is 0 Å². The summed E-state index contributed by atoms with van der Waals surface area (Å²) in [6, 6.07) is 6.88. The van der Waals surface area contributed by atoms with Crippen LogP contribution in [0.15, 0.2) is 24.3 Å². The summed E-state index contributed by atoms with van der Waals surface area (Å²) in [5.74, 6) is -0.532. The molecule has 1 saturated carbocycles. The predicted octanol–water partition coefficient (Wildman–Crippen LogP) is 2.45. The van der Waals surface area contributed by atoms with Crippen molar-refractivity contribution < 1.29 is 9.18 Å². The number of halogens is 1. The van der Waals surface area contributed by atoms with Gasteiger partial charge in [-0.25, -0.2) is 4.39 Å². The number of hydrogen-bond donors (Lipinski definition) is 1. The van der Waals surface area contributed by atoms with Crippen LogP contribution in [0.4, 0.5) is 4.39 Å². The Morgan fingerprint density at radius 1 is 1.21 bits per heavy atom. The third kappa shape index (κ3) is 4.31. The van der Waals surface area contributed by atoms with Crippen molar-refractivity contribution in [3.8, 4) is 0 Å². The molecule has 1 fully saturated rings. The van der Waals surface area contributed by atoms with Crippen molar-refractivity contribution in [2.75, 3.05) is 6.54 Å². The Morgan fingerprint density at radius 3 is 2.42 bits per heavy atom. The van der Waals surface area contributed by atoms with E-state index in [0.717, 1.165) is 18.4 Å². The number of primary amides is 1. The summed E-state index contributed by atoms with van der Waals surface area (Å²) in [4.78, 5) is 13.4. The van der Waals surface area contributed by atoms with E-state index in [2.05, 4.69) is 4.90 Å². The summed E-state index contributed by atoms with van der Waals surface area (Å²) in [5.41, 5.74) is 6.36. The van der Waals surface area contributed by atoms with Gasteiger partial charge in [-0.3, -0.25) is 9.69 Å². The molecule has 2 rings (SSSR count). The van der Waals surface area contributed by atoms with E-state index >= 15 is 0 Å². The second kappa shape index (κ2) is 6.66. The second-order valence-electron chi connectivity index (χ2n) is 5.29. The fraction of sp³-hybridized carbons (Fsp3) is 0.533. The largest absolute Gasteiger partial charge is 0.369 e. The summed E-state index contributed by atoms with van der Waals surface area (Å²) in [6.45, 7) is 0.940. The van der Waals surface area contributed by atoms with E-state index in [4.69, 9.17) is 5.73 Å². The molecule has 1 amide bonds. The molecule has 1 aromatic rings. The number of nitrogens with two attached hydrogens (primary N) is 1. The van der Waals surface area contributed by atoms with Gasteiger partial charge >= 0.3 is 0 Å². The SMILES string of the molecule is NC(=O)CN(Cc1ccc(F)cc1)C1CCCCC1. The van der Waals surface area contributed by atoms with Gasteiger partial charge in [0.1, 0.15) is 5.82 Å². The molecule has 0 aromatic heterocycles. The van der Waals surface area contributed by atoms with Crippen LogP contribution in [0.25, 0.3) is 0 Å². The first-order valence-electron chi connectivity index (χ1n) is 6.92. The van der Waals surface area contributed by atoms with Crippen LogP contribution in [-0.2, 0) is 11.3 Å². The standard InChI is InChI=1S/C15H21FN2O/c16-13-8-6-12(7-9-13)10-18(11-15(17)19)14-4-2-1-3-5-14/h6-9,14H,1-5,10-11H2,(H2,17,19). The molecule has 0 saturated heterocycles. The van der Waals surface area contributed by atoms with Crippen molar-refractivity contribution in [3.63, 3.8) is 0 Å². The van der Waals surface area contributed by atoms with Gasteiger partial charge in [-0.1, -0.05) is 31.4 Å². The molecule has 0 unspecified atom stereocenters. The molecular weight excluding hydrogens is 243 g/mol. The monoisotopic (exact) mass is 264 g/mol. The molecule has 0 bridgehead atoms. The van der Waals surface area contributed by atoms with Gasteiger partial charge in [-0.2, -0.15) is 0 Å². The molecule has 0 atom stereocenters. The lowest BCUT2D eigenvalue weighted by molar-refractivity contribution is -0.120. The zero-order valence-corrected chi connectivity index (χ0v) is 11.1. The number of carbonyl (C=O) groups is 1. The summed E-state index contributed by atoms with van der Waals surface area (Å²) < 4.78 is 12.9. The molecule has 1 aliphatic rings. The number of amides is 1. The molecule has 3 nitrogen and oxygen atoms in total. The lowest BCUT2D eigenvalue weighted by Gasteiger charge is -2.33. The maximum atomic E-state index is 12.9. The Kier molecular flexibility index (Phi) is 4.91. The smallest absolute Gasteiger partial charge is 0.231 e. The molecule has 0 radical (unpaired) electrons. The average molecular weight is 264 g/mol. The first kappa shape index (κ1) is 14.0. The van der Waals surface area contributed by atoms with Crippen LogP contribution in [0.5, 0.6) is 0 Å². The molecule has 4 heteroatoms. The zero-order chi connectivity index (χ0) is 13.7. The van der Waals surface area contributed by atoms with Crippen LogP contribution in [0.2, 0.25) is 0 Å². The van der Waals surface area contributed by atoms with E-state index in [1.165, 1.54) is 31.4 Å². The first-order valence-corrected chi connectivity index (χ1v) is 6.92. The van der Waals surface area contributed by atoms with Gasteiger partial charge in [0.05, 0.1) is 6.54 Å². The van der Waals surface area contributed by atoms with Gasteiger partial charge in [0.15, 0.2) is 0 Å². The van der Waals surface area contributed by atoms with Crippen molar-refractivity contribution in [2.45, 2.75) is 44.7 Å². The predicted molar refractivity (Wildman–Crippen MR) is 72.9 cm³/mol. The highest BCUT2D eigenvalue weighted by Crippen LogP contribution is 2.23. The molecule has 2 N–H and O–H groups in total. The highest BCUT2D eigenvalue weighted by Gasteiger charge is 2.22. The van der Waals surface area contributed by atoms with E-state index in [-0.39, 0.29) is 18.3 Å². The third-order valence-corrected chi connectivity index (χ3v) is 3.75. The van der Waals surface area contributed by atoms with E-state index in [9.17, 15) is 9.18 Å². The van der Waals surface area contributed by atoms with E-state index in [0.29, 0.717) is 12.6 Å². The highest BCUT2D eigenvalue weighted by atomic mass is 19.1. The van der Waals surface area contributed by atoms with Crippen molar-refractivity contribution in [1.82, 2.24) is 4.90 Å². The van der Waals surface area contributed by atoms with Gasteiger partial charge in [-0.05, 0) is 30.5 Å². The van der Waals surface area contributed by atoms with Gasteiger partial charge < -0.3 is 5.73 Å². The molecule has 0 aliphatic heterocycles. The van der Waals surface area contributed by atoms with Crippen molar-refractivity contribution in [1.29, 1.82) is 0 Å². The number of carbonyl (C=O) groups excluding carboxylic acids is 1. The Hall–Kier alpha value is -1.42. The zero-order valence-electron chi connectivity index (χ0n) is 11.1. The maximum Gasteiger partial charge on any atom is 0.231 e. The Morgan fingerprint density at radius 2 is 1.84 bits per heavy atom. The van der Waals surface area contributed by atoms with Crippen LogP contribution >= 0.6 is 0 Å². The summed E-state index contributed by atoms with van der Waals surface area (Å²) >= 11 is 0. The average Bonchev–Trinajstić information content (AvgIpc) is 2.41. The van der Waals surface area contributed by atoms with Crippen LogP contribution in [-0.4, -0.2) is 23.4 Å². The van der Waals surface area contributed by atoms with Crippen molar-refractivity contribution in [2.24, 2.45) is 5.73 Å². The Labute approximate surface area is 113 Å². The van der Waals surface area contributed by atoms with E-state index < -0.39 is 0 Å². The number of hydrogen-bond acceptors (Lipinski definition) is 2. The van der Waals surface area contributed by atoms with Gasteiger partial charge in [-0.15, -0.1) is 0 Å². The van der Waals surface area contributed by atoms with Crippen LogP contribution < -0.4 is 5.73 Å². The lowest BCUT2D eigenvalue weighted by Crippen LogP contribution is -2.41. The molecule has 1 aromatic carbocycles. The molecular formula is C15H21FN2O. The fourth-order valence-electron chi connectivity index (χ4n) is 2.78. The van der Waals surface area contributed by atoms with Crippen molar-refractivity contribution in [3.05, 3.63) is 35.6 Å². The quantitative estimate of drug-likeness (QED) is 0.888. The minimum Gasteiger partial charge on any atom is -0.369 e. The second-order valence-corrected chi connectivity index (χ2v) is 5.29. The van der Waals surface area contributed by atoms with Gasteiger partial charge in [0.2, 0.25) is 5.91 Å². The minimum absolute atomic E-state index is 0.233. The Bertz CT molecular complexity index is 413. The molecule has 0 heterocycles. The number of benzene rings is 1.